The van der Waals surface area contributed by atoms with E-state index in [1.807, 2.05) is 24.3 Å². The van der Waals surface area contributed by atoms with Crippen molar-refractivity contribution in [2.75, 3.05) is 11.1 Å². The molecule has 23 heavy (non-hydrogen) atoms. The number of rotatable bonds is 6. The first-order valence-electron chi connectivity index (χ1n) is 7.51. The zero-order valence-electron chi connectivity index (χ0n) is 13.7. The number of benzene rings is 1. The van der Waals surface area contributed by atoms with Crippen LogP contribution in [0.1, 0.15) is 45.5 Å². The molecule has 0 saturated carbocycles. The predicted octanol–water partition coefficient (Wildman–Crippen LogP) is 4.48. The fourth-order valence-corrected chi connectivity index (χ4v) is 3.26. The lowest BCUT2D eigenvalue weighted by atomic mass is 10.2. The topological polar surface area (TPSA) is 59.8 Å². The highest BCUT2D eigenvalue weighted by Crippen LogP contribution is 2.25. The van der Waals surface area contributed by atoms with Gasteiger partial charge in [-0.25, -0.2) is 0 Å². The Kier molecular flexibility index (Phi) is 6.24. The smallest absolute Gasteiger partial charge is 0.234 e. The summed E-state index contributed by atoms with van der Waals surface area (Å²) in [5.41, 5.74) is 0.784. The summed E-state index contributed by atoms with van der Waals surface area (Å²) in [6.07, 6.45) is 0. The van der Waals surface area contributed by atoms with E-state index in [0.717, 1.165) is 21.1 Å². The van der Waals surface area contributed by atoms with Crippen molar-refractivity contribution in [1.29, 1.82) is 0 Å². The van der Waals surface area contributed by atoms with Gasteiger partial charge in [-0.05, 0) is 38.1 Å². The summed E-state index contributed by atoms with van der Waals surface area (Å²) in [4.78, 5) is 12.1. The van der Waals surface area contributed by atoms with Crippen LogP contribution in [0.25, 0.3) is 0 Å². The molecule has 5 nitrogen and oxygen atoms in total. The molecule has 0 bridgehead atoms. The van der Waals surface area contributed by atoms with Gasteiger partial charge in [0.05, 0.1) is 5.75 Å². The van der Waals surface area contributed by atoms with Crippen molar-refractivity contribution in [2.24, 2.45) is 0 Å². The number of halogens is 1. The Morgan fingerprint density at radius 2 is 1.87 bits per heavy atom. The molecule has 0 fully saturated rings. The molecule has 0 aliphatic heterocycles. The van der Waals surface area contributed by atoms with Gasteiger partial charge in [0.25, 0.3) is 0 Å². The minimum atomic E-state index is -0.0540. The fourth-order valence-electron chi connectivity index (χ4n) is 2.13. The number of hydrogen-bond donors (Lipinski definition) is 1. The molecule has 1 aromatic carbocycles. The highest BCUT2D eigenvalue weighted by atomic mass is 79.9. The minimum Gasteiger partial charge on any atom is -0.325 e. The molecule has 1 heterocycles. The monoisotopic (exact) mass is 396 g/mol. The van der Waals surface area contributed by atoms with Crippen LogP contribution < -0.4 is 5.32 Å². The predicted molar refractivity (Wildman–Crippen MR) is 98.0 cm³/mol. The molecule has 2 aromatic rings. The van der Waals surface area contributed by atoms with Crippen LogP contribution in [0, 0.1) is 0 Å². The van der Waals surface area contributed by atoms with Crippen molar-refractivity contribution in [2.45, 2.75) is 44.8 Å². The molecule has 0 atom stereocenters. The molecular formula is C16H21BrN4OS. The number of carbonyl (C=O) groups is 1. The molecule has 0 aliphatic rings. The molecule has 0 aliphatic carbocycles. The zero-order chi connectivity index (χ0) is 17.0. The number of hydrogen-bond acceptors (Lipinski definition) is 4. The maximum atomic E-state index is 12.1. The van der Waals surface area contributed by atoms with Gasteiger partial charge in [0.1, 0.15) is 5.82 Å². The normalized spacial score (nSPS) is 11.3. The number of aromatic nitrogens is 3. The number of anilines is 1. The SMILES string of the molecule is CC(C)c1nnc(SCC(=O)Nc2ccc(Br)cc2)n1C(C)C. The Balaban J connectivity index is 2.00. The summed E-state index contributed by atoms with van der Waals surface area (Å²) < 4.78 is 3.08. The van der Waals surface area contributed by atoms with Crippen LogP contribution >= 0.6 is 27.7 Å². The summed E-state index contributed by atoms with van der Waals surface area (Å²) in [5.74, 6) is 1.51. The van der Waals surface area contributed by atoms with Crippen molar-refractivity contribution in [3.8, 4) is 0 Å². The first kappa shape index (κ1) is 18.0. The van der Waals surface area contributed by atoms with E-state index < -0.39 is 0 Å². The van der Waals surface area contributed by atoms with E-state index in [1.54, 1.807) is 0 Å². The minimum absolute atomic E-state index is 0.0540. The summed E-state index contributed by atoms with van der Waals surface area (Å²) in [6.45, 7) is 8.39. The van der Waals surface area contributed by atoms with Gasteiger partial charge in [0.2, 0.25) is 5.91 Å². The average Bonchev–Trinajstić information content (AvgIpc) is 2.92. The van der Waals surface area contributed by atoms with E-state index >= 15 is 0 Å². The van der Waals surface area contributed by atoms with Crippen LogP contribution in [0.5, 0.6) is 0 Å². The average molecular weight is 397 g/mol. The van der Waals surface area contributed by atoms with Gasteiger partial charge in [0, 0.05) is 22.1 Å². The Morgan fingerprint density at radius 1 is 1.22 bits per heavy atom. The molecule has 0 saturated heterocycles. The Hall–Kier alpha value is -1.34. The molecule has 1 amide bonds. The van der Waals surface area contributed by atoms with Crippen LogP contribution in [0.3, 0.4) is 0 Å². The lowest BCUT2D eigenvalue weighted by Crippen LogP contribution is -2.15. The van der Waals surface area contributed by atoms with E-state index in [-0.39, 0.29) is 11.9 Å². The number of nitrogens with zero attached hydrogens (tertiary/aromatic N) is 3. The van der Waals surface area contributed by atoms with E-state index in [9.17, 15) is 4.79 Å². The van der Waals surface area contributed by atoms with E-state index in [2.05, 4.69) is 63.7 Å². The van der Waals surface area contributed by atoms with Crippen LogP contribution in [0.15, 0.2) is 33.9 Å². The lowest BCUT2D eigenvalue weighted by Gasteiger charge is -2.15. The third-order valence-corrected chi connectivity index (χ3v) is 4.66. The summed E-state index contributed by atoms with van der Waals surface area (Å²) in [7, 11) is 0. The van der Waals surface area contributed by atoms with Crippen LogP contribution in [-0.4, -0.2) is 26.4 Å². The number of nitrogens with one attached hydrogen (secondary N) is 1. The second-order valence-corrected chi connectivity index (χ2v) is 7.66. The first-order valence-corrected chi connectivity index (χ1v) is 9.29. The van der Waals surface area contributed by atoms with Gasteiger partial charge in [0.15, 0.2) is 5.16 Å². The van der Waals surface area contributed by atoms with E-state index in [4.69, 9.17) is 0 Å². The second-order valence-electron chi connectivity index (χ2n) is 5.80. The first-order chi connectivity index (χ1) is 10.9. The third kappa shape index (κ3) is 4.81. The molecule has 1 aromatic heterocycles. The molecule has 7 heteroatoms. The quantitative estimate of drug-likeness (QED) is 0.731. The van der Waals surface area contributed by atoms with Crippen LogP contribution in [0.4, 0.5) is 5.69 Å². The zero-order valence-corrected chi connectivity index (χ0v) is 16.1. The maximum Gasteiger partial charge on any atom is 0.234 e. The number of thioether (sulfide) groups is 1. The highest BCUT2D eigenvalue weighted by molar-refractivity contribution is 9.10. The molecule has 0 spiro atoms. The fraction of sp³-hybridized carbons (Fsp3) is 0.438. The van der Waals surface area contributed by atoms with Gasteiger partial charge >= 0.3 is 0 Å². The van der Waals surface area contributed by atoms with Gasteiger partial charge in [-0.15, -0.1) is 10.2 Å². The Bertz CT molecular complexity index is 667. The van der Waals surface area contributed by atoms with Gasteiger partial charge in [-0.3, -0.25) is 4.79 Å². The van der Waals surface area contributed by atoms with Crippen molar-refractivity contribution in [3.05, 3.63) is 34.6 Å². The van der Waals surface area contributed by atoms with E-state index in [1.165, 1.54) is 11.8 Å². The molecule has 124 valence electrons. The van der Waals surface area contributed by atoms with Gasteiger partial charge in [-0.2, -0.15) is 0 Å². The van der Waals surface area contributed by atoms with Gasteiger partial charge in [-0.1, -0.05) is 41.5 Å². The molecule has 2 rings (SSSR count). The van der Waals surface area contributed by atoms with Gasteiger partial charge < -0.3 is 9.88 Å². The van der Waals surface area contributed by atoms with Crippen molar-refractivity contribution in [1.82, 2.24) is 14.8 Å². The largest absolute Gasteiger partial charge is 0.325 e. The number of amides is 1. The van der Waals surface area contributed by atoms with E-state index in [0.29, 0.717) is 11.7 Å². The number of carbonyl (C=O) groups excluding carboxylic acids is 1. The summed E-state index contributed by atoms with van der Waals surface area (Å²) in [5, 5.41) is 12.2. The Morgan fingerprint density at radius 3 is 2.43 bits per heavy atom. The van der Waals surface area contributed by atoms with Crippen molar-refractivity contribution in [3.63, 3.8) is 0 Å². The summed E-state index contributed by atoms with van der Waals surface area (Å²) in [6, 6.07) is 7.78. The van der Waals surface area contributed by atoms with Crippen molar-refractivity contribution < 1.29 is 4.79 Å². The standard InChI is InChI=1S/C16H21BrN4OS/c1-10(2)15-19-20-16(21(15)11(3)4)23-9-14(22)18-13-7-5-12(17)6-8-13/h5-8,10-11H,9H2,1-4H3,(H,18,22). The molecule has 1 N–H and O–H groups in total. The maximum absolute atomic E-state index is 12.1. The molecule has 0 radical (unpaired) electrons. The molecule has 0 unspecified atom stereocenters. The lowest BCUT2D eigenvalue weighted by molar-refractivity contribution is -0.113. The second kappa shape index (κ2) is 7.97. The summed E-state index contributed by atoms with van der Waals surface area (Å²) >= 11 is 4.79. The highest BCUT2D eigenvalue weighted by Gasteiger charge is 2.18. The Labute approximate surface area is 149 Å². The molecular weight excluding hydrogens is 376 g/mol. The van der Waals surface area contributed by atoms with Crippen LogP contribution in [0.2, 0.25) is 0 Å². The van der Waals surface area contributed by atoms with Crippen LogP contribution in [-0.2, 0) is 4.79 Å². The third-order valence-electron chi connectivity index (χ3n) is 3.18. The van der Waals surface area contributed by atoms with Crippen molar-refractivity contribution >= 4 is 39.3 Å².